The van der Waals surface area contributed by atoms with Crippen LogP contribution in [0.3, 0.4) is 0 Å². The van der Waals surface area contributed by atoms with E-state index < -0.39 is 6.10 Å². The summed E-state index contributed by atoms with van der Waals surface area (Å²) in [6.07, 6.45) is 6.33. The summed E-state index contributed by atoms with van der Waals surface area (Å²) in [6.45, 7) is 1.46. The Hall–Kier alpha value is -2.51. The third-order valence-corrected chi connectivity index (χ3v) is 5.95. The van der Waals surface area contributed by atoms with Crippen LogP contribution in [0.25, 0.3) is 0 Å². The lowest BCUT2D eigenvalue weighted by Crippen LogP contribution is -2.43. The van der Waals surface area contributed by atoms with Gasteiger partial charge in [-0.05, 0) is 35.8 Å². The lowest BCUT2D eigenvalue weighted by atomic mass is 9.77. The van der Waals surface area contributed by atoms with E-state index in [-0.39, 0.29) is 18.6 Å². The average Bonchev–Trinajstić information content (AvgIpc) is 3.12. The van der Waals surface area contributed by atoms with Crippen molar-refractivity contribution in [1.29, 1.82) is 0 Å². The normalized spacial score (nSPS) is 26.7. The molecule has 1 saturated carbocycles. The van der Waals surface area contributed by atoms with E-state index in [4.69, 9.17) is 5.11 Å². The standard InChI is InChI=1S/C21H26N4O3/c26-13-15-3-1-14(2-4-15)7-21(28)25-11-16-8-18(19(27)9-17(16)12-25)24-20-10-22-5-6-23-20/h1-6,10,16-19,26-27H,7-9,11-13H2,(H,23,24)/t16-,17+,18-,19-/m1/s1. The minimum atomic E-state index is -0.454. The summed E-state index contributed by atoms with van der Waals surface area (Å²) in [5, 5.41) is 23.0. The van der Waals surface area contributed by atoms with Crippen LogP contribution in [0, 0.1) is 11.8 Å². The maximum absolute atomic E-state index is 12.7. The second-order valence-corrected chi connectivity index (χ2v) is 7.85. The molecule has 0 bridgehead atoms. The Morgan fingerprint density at radius 1 is 1.11 bits per heavy atom. The van der Waals surface area contributed by atoms with Gasteiger partial charge in [0.2, 0.25) is 5.91 Å². The molecule has 148 valence electrons. The number of benzene rings is 1. The molecule has 7 heteroatoms. The minimum Gasteiger partial charge on any atom is -0.392 e. The SMILES string of the molecule is O=C(Cc1ccc(CO)cc1)N1C[C@H]2C[C@@H](Nc3cnccn3)[C@H](O)C[C@H]2C1. The van der Waals surface area contributed by atoms with Crippen molar-refractivity contribution in [3.8, 4) is 0 Å². The van der Waals surface area contributed by atoms with E-state index in [1.807, 2.05) is 29.2 Å². The summed E-state index contributed by atoms with van der Waals surface area (Å²) >= 11 is 0. The molecular weight excluding hydrogens is 356 g/mol. The molecule has 1 aliphatic carbocycles. The van der Waals surface area contributed by atoms with E-state index in [9.17, 15) is 9.90 Å². The van der Waals surface area contributed by atoms with Crippen molar-refractivity contribution < 1.29 is 15.0 Å². The molecule has 2 heterocycles. The first kappa shape index (κ1) is 18.8. The van der Waals surface area contributed by atoms with Crippen LogP contribution < -0.4 is 5.32 Å². The number of rotatable bonds is 5. The van der Waals surface area contributed by atoms with Crippen LogP contribution in [0.15, 0.2) is 42.9 Å². The molecule has 2 aliphatic rings. The van der Waals surface area contributed by atoms with Crippen molar-refractivity contribution >= 4 is 11.7 Å². The topological polar surface area (TPSA) is 98.6 Å². The zero-order chi connectivity index (χ0) is 19.5. The number of fused-ring (bicyclic) bond motifs is 1. The summed E-state index contributed by atoms with van der Waals surface area (Å²) in [5.41, 5.74) is 1.80. The first-order chi connectivity index (χ1) is 13.6. The summed E-state index contributed by atoms with van der Waals surface area (Å²) in [5.74, 6) is 1.52. The Labute approximate surface area is 164 Å². The molecule has 2 aromatic rings. The molecule has 4 rings (SSSR count). The van der Waals surface area contributed by atoms with E-state index in [0.29, 0.717) is 37.0 Å². The predicted molar refractivity (Wildman–Crippen MR) is 104 cm³/mol. The van der Waals surface area contributed by atoms with Gasteiger partial charge in [0.15, 0.2) is 0 Å². The number of aliphatic hydroxyl groups is 2. The van der Waals surface area contributed by atoms with Crippen LogP contribution >= 0.6 is 0 Å². The van der Waals surface area contributed by atoms with Crippen LogP contribution in [0.4, 0.5) is 5.82 Å². The van der Waals surface area contributed by atoms with Gasteiger partial charge in [-0.3, -0.25) is 9.78 Å². The summed E-state index contributed by atoms with van der Waals surface area (Å²) in [7, 11) is 0. The predicted octanol–water partition coefficient (Wildman–Crippen LogP) is 1.22. The maximum atomic E-state index is 12.7. The fourth-order valence-corrected chi connectivity index (χ4v) is 4.40. The Bertz CT molecular complexity index is 799. The van der Waals surface area contributed by atoms with Crippen LogP contribution in [-0.2, 0) is 17.8 Å². The van der Waals surface area contributed by atoms with Gasteiger partial charge in [0.05, 0.1) is 31.4 Å². The highest BCUT2D eigenvalue weighted by Crippen LogP contribution is 2.37. The van der Waals surface area contributed by atoms with Crippen molar-refractivity contribution in [1.82, 2.24) is 14.9 Å². The number of nitrogens with zero attached hydrogens (tertiary/aromatic N) is 3. The molecule has 1 amide bonds. The van der Waals surface area contributed by atoms with Gasteiger partial charge in [0.25, 0.3) is 0 Å². The highest BCUT2D eigenvalue weighted by Gasteiger charge is 2.42. The first-order valence-corrected chi connectivity index (χ1v) is 9.79. The Morgan fingerprint density at radius 3 is 2.50 bits per heavy atom. The van der Waals surface area contributed by atoms with Crippen LogP contribution in [-0.4, -0.2) is 56.2 Å². The largest absolute Gasteiger partial charge is 0.392 e. The second kappa shape index (κ2) is 8.24. The van der Waals surface area contributed by atoms with Crippen molar-refractivity contribution in [2.45, 2.75) is 38.0 Å². The molecule has 0 unspecified atom stereocenters. The molecule has 1 aromatic carbocycles. The van der Waals surface area contributed by atoms with E-state index in [1.54, 1.807) is 18.6 Å². The molecule has 3 N–H and O–H groups in total. The molecule has 4 atom stereocenters. The molecule has 0 radical (unpaired) electrons. The van der Waals surface area contributed by atoms with Gasteiger partial charge in [0.1, 0.15) is 5.82 Å². The highest BCUT2D eigenvalue weighted by molar-refractivity contribution is 5.79. The maximum Gasteiger partial charge on any atom is 0.227 e. The monoisotopic (exact) mass is 382 g/mol. The molecule has 1 aliphatic heterocycles. The lowest BCUT2D eigenvalue weighted by molar-refractivity contribution is -0.129. The number of amides is 1. The number of carbonyl (C=O) groups excluding carboxylic acids is 1. The number of carbonyl (C=O) groups is 1. The lowest BCUT2D eigenvalue weighted by Gasteiger charge is -2.35. The van der Waals surface area contributed by atoms with Gasteiger partial charge in [-0.1, -0.05) is 24.3 Å². The Balaban J connectivity index is 1.35. The molecular formula is C21H26N4O3. The van der Waals surface area contributed by atoms with Gasteiger partial charge >= 0.3 is 0 Å². The third kappa shape index (κ3) is 4.15. The Morgan fingerprint density at radius 2 is 1.82 bits per heavy atom. The van der Waals surface area contributed by atoms with Gasteiger partial charge in [-0.2, -0.15) is 0 Å². The van der Waals surface area contributed by atoms with Gasteiger partial charge in [-0.25, -0.2) is 4.98 Å². The quantitative estimate of drug-likeness (QED) is 0.719. The minimum absolute atomic E-state index is 0.00973. The van der Waals surface area contributed by atoms with Gasteiger partial charge < -0.3 is 20.4 Å². The van der Waals surface area contributed by atoms with Crippen molar-refractivity contribution in [3.05, 3.63) is 54.0 Å². The zero-order valence-electron chi connectivity index (χ0n) is 15.7. The van der Waals surface area contributed by atoms with Crippen LogP contribution in [0.1, 0.15) is 24.0 Å². The van der Waals surface area contributed by atoms with Crippen LogP contribution in [0.2, 0.25) is 0 Å². The molecule has 28 heavy (non-hydrogen) atoms. The van der Waals surface area contributed by atoms with Crippen molar-refractivity contribution in [2.24, 2.45) is 11.8 Å². The van der Waals surface area contributed by atoms with E-state index in [2.05, 4.69) is 15.3 Å². The molecule has 2 fully saturated rings. The summed E-state index contributed by atoms with van der Waals surface area (Å²) in [4.78, 5) is 23.0. The van der Waals surface area contributed by atoms with E-state index >= 15 is 0 Å². The number of nitrogens with one attached hydrogen (secondary N) is 1. The van der Waals surface area contributed by atoms with Crippen molar-refractivity contribution in [2.75, 3.05) is 18.4 Å². The smallest absolute Gasteiger partial charge is 0.227 e. The van der Waals surface area contributed by atoms with Crippen molar-refractivity contribution in [3.63, 3.8) is 0 Å². The summed E-state index contributed by atoms with van der Waals surface area (Å²) in [6, 6.07) is 7.43. The number of hydrogen-bond donors (Lipinski definition) is 3. The number of likely N-dealkylation sites (tertiary alicyclic amines) is 1. The molecule has 7 nitrogen and oxygen atoms in total. The number of aromatic nitrogens is 2. The first-order valence-electron chi connectivity index (χ1n) is 9.79. The van der Waals surface area contributed by atoms with Gasteiger partial charge in [-0.15, -0.1) is 0 Å². The zero-order valence-corrected chi connectivity index (χ0v) is 15.7. The fourth-order valence-electron chi connectivity index (χ4n) is 4.40. The Kier molecular flexibility index (Phi) is 5.54. The summed E-state index contributed by atoms with van der Waals surface area (Å²) < 4.78 is 0. The van der Waals surface area contributed by atoms with E-state index in [1.165, 1.54) is 0 Å². The number of hydrogen-bond acceptors (Lipinski definition) is 6. The average molecular weight is 382 g/mol. The molecule has 1 aromatic heterocycles. The van der Waals surface area contributed by atoms with E-state index in [0.717, 1.165) is 24.1 Å². The number of aliphatic hydroxyl groups excluding tert-OH is 2. The van der Waals surface area contributed by atoms with Gasteiger partial charge in [0, 0.05) is 25.5 Å². The molecule has 1 saturated heterocycles. The fraction of sp³-hybridized carbons (Fsp3) is 0.476. The van der Waals surface area contributed by atoms with Crippen LogP contribution in [0.5, 0.6) is 0 Å². The highest BCUT2D eigenvalue weighted by atomic mass is 16.3. The third-order valence-electron chi connectivity index (χ3n) is 5.95. The number of anilines is 1. The molecule has 0 spiro atoms. The second-order valence-electron chi connectivity index (χ2n) is 7.85.